The highest BCUT2D eigenvalue weighted by molar-refractivity contribution is 5.22. The maximum atomic E-state index is 3.52. The molecule has 0 aliphatic heterocycles. The summed E-state index contributed by atoms with van der Waals surface area (Å²) in [7, 11) is 2.19. The first-order chi connectivity index (χ1) is 8.37. The third-order valence-corrected chi connectivity index (χ3v) is 3.01. The van der Waals surface area contributed by atoms with Gasteiger partial charge in [-0.05, 0) is 46.7 Å². The van der Waals surface area contributed by atoms with Crippen LogP contribution in [-0.2, 0) is 6.42 Å². The van der Waals surface area contributed by atoms with E-state index < -0.39 is 0 Å². The van der Waals surface area contributed by atoms with Gasteiger partial charge in [0.25, 0.3) is 0 Å². The fraction of sp³-hybridized carbons (Fsp3) is 0.625. The second-order valence-electron chi connectivity index (χ2n) is 6.22. The lowest BCUT2D eigenvalue weighted by molar-refractivity contribution is 0.312. The number of nitrogens with one attached hydrogen (secondary N) is 1. The van der Waals surface area contributed by atoms with Crippen molar-refractivity contribution < 1.29 is 0 Å². The summed E-state index contributed by atoms with van der Waals surface area (Å²) < 4.78 is 0. The summed E-state index contributed by atoms with van der Waals surface area (Å²) in [5.74, 6) is 0. The smallest absolute Gasteiger partial charge is 0.0104 e. The SMILES string of the molecule is Cc1cccc(CCN(C)CCNC(C)(C)C)c1. The molecule has 0 bridgehead atoms. The molecule has 0 radical (unpaired) electrons. The summed E-state index contributed by atoms with van der Waals surface area (Å²) in [5, 5.41) is 3.52. The molecule has 1 N–H and O–H groups in total. The molecule has 0 atom stereocenters. The van der Waals surface area contributed by atoms with Crippen LogP contribution >= 0.6 is 0 Å². The van der Waals surface area contributed by atoms with Gasteiger partial charge in [0.15, 0.2) is 0 Å². The summed E-state index contributed by atoms with van der Waals surface area (Å²) >= 11 is 0. The minimum Gasteiger partial charge on any atom is -0.311 e. The number of hydrogen-bond donors (Lipinski definition) is 1. The molecule has 0 unspecified atom stereocenters. The van der Waals surface area contributed by atoms with Gasteiger partial charge in [-0.2, -0.15) is 0 Å². The van der Waals surface area contributed by atoms with Crippen LogP contribution in [0.2, 0.25) is 0 Å². The summed E-state index contributed by atoms with van der Waals surface area (Å²) in [4.78, 5) is 2.39. The number of benzene rings is 1. The molecule has 102 valence electrons. The Balaban J connectivity index is 2.23. The second-order valence-corrected chi connectivity index (χ2v) is 6.22. The molecule has 18 heavy (non-hydrogen) atoms. The van der Waals surface area contributed by atoms with Crippen molar-refractivity contribution in [1.29, 1.82) is 0 Å². The number of rotatable bonds is 6. The third kappa shape index (κ3) is 6.77. The van der Waals surface area contributed by atoms with Gasteiger partial charge < -0.3 is 10.2 Å². The van der Waals surface area contributed by atoms with Crippen LogP contribution in [0.5, 0.6) is 0 Å². The minimum atomic E-state index is 0.220. The average molecular weight is 248 g/mol. The van der Waals surface area contributed by atoms with E-state index in [1.54, 1.807) is 0 Å². The van der Waals surface area contributed by atoms with Crippen LogP contribution in [0, 0.1) is 6.92 Å². The van der Waals surface area contributed by atoms with Crippen LogP contribution < -0.4 is 5.32 Å². The van der Waals surface area contributed by atoms with Crippen LogP contribution in [0.25, 0.3) is 0 Å². The number of aryl methyl sites for hydroxylation is 1. The topological polar surface area (TPSA) is 15.3 Å². The van der Waals surface area contributed by atoms with Crippen molar-refractivity contribution in [2.24, 2.45) is 0 Å². The molecular weight excluding hydrogens is 220 g/mol. The largest absolute Gasteiger partial charge is 0.311 e. The van der Waals surface area contributed by atoms with Gasteiger partial charge in [-0.1, -0.05) is 29.8 Å². The zero-order valence-electron chi connectivity index (χ0n) is 12.6. The summed E-state index contributed by atoms with van der Waals surface area (Å²) in [6, 6.07) is 8.79. The lowest BCUT2D eigenvalue weighted by Gasteiger charge is -2.23. The Morgan fingerprint density at radius 3 is 2.50 bits per heavy atom. The van der Waals surface area contributed by atoms with E-state index in [1.807, 2.05) is 0 Å². The van der Waals surface area contributed by atoms with Gasteiger partial charge in [0.2, 0.25) is 0 Å². The standard InChI is InChI=1S/C16H28N2/c1-14-7-6-8-15(13-14)9-11-18(5)12-10-17-16(2,3)4/h6-8,13,17H,9-12H2,1-5H3. The maximum Gasteiger partial charge on any atom is 0.0104 e. The summed E-state index contributed by atoms with van der Waals surface area (Å²) in [6.45, 7) is 12.0. The molecule has 1 aromatic rings. The molecule has 0 saturated carbocycles. The Morgan fingerprint density at radius 2 is 1.89 bits per heavy atom. The number of nitrogens with zero attached hydrogens (tertiary/aromatic N) is 1. The van der Waals surface area contributed by atoms with Crippen LogP contribution in [0.1, 0.15) is 31.9 Å². The van der Waals surface area contributed by atoms with E-state index in [0.717, 1.165) is 26.1 Å². The molecule has 0 amide bonds. The Kier molecular flexibility index (Phi) is 5.83. The quantitative estimate of drug-likeness (QED) is 0.833. The monoisotopic (exact) mass is 248 g/mol. The maximum absolute atomic E-state index is 3.52. The van der Waals surface area contributed by atoms with Crippen molar-refractivity contribution in [3.05, 3.63) is 35.4 Å². The molecule has 0 aliphatic carbocycles. The molecular formula is C16H28N2. The van der Waals surface area contributed by atoms with E-state index in [4.69, 9.17) is 0 Å². The van der Waals surface area contributed by atoms with Crippen molar-refractivity contribution >= 4 is 0 Å². The van der Waals surface area contributed by atoms with Gasteiger partial charge in [-0.3, -0.25) is 0 Å². The van der Waals surface area contributed by atoms with E-state index in [1.165, 1.54) is 11.1 Å². The molecule has 2 heteroatoms. The van der Waals surface area contributed by atoms with Crippen LogP contribution in [0.15, 0.2) is 24.3 Å². The molecule has 0 spiro atoms. The third-order valence-electron chi connectivity index (χ3n) is 3.01. The van der Waals surface area contributed by atoms with E-state index in [2.05, 4.69) is 69.2 Å². The van der Waals surface area contributed by atoms with Crippen molar-refractivity contribution in [3.63, 3.8) is 0 Å². The average Bonchev–Trinajstić information content (AvgIpc) is 2.25. The summed E-state index contributed by atoms with van der Waals surface area (Å²) in [6.07, 6.45) is 1.13. The van der Waals surface area contributed by atoms with Gasteiger partial charge in [0.05, 0.1) is 0 Å². The summed E-state index contributed by atoms with van der Waals surface area (Å²) in [5.41, 5.74) is 3.01. The highest BCUT2D eigenvalue weighted by atomic mass is 15.1. The van der Waals surface area contributed by atoms with E-state index in [0.29, 0.717) is 0 Å². The van der Waals surface area contributed by atoms with Crippen molar-refractivity contribution in [2.45, 2.75) is 39.7 Å². The Bertz CT molecular complexity index is 352. The Labute approximate surface area is 112 Å². The van der Waals surface area contributed by atoms with Crippen LogP contribution in [0.3, 0.4) is 0 Å². The molecule has 2 nitrogen and oxygen atoms in total. The van der Waals surface area contributed by atoms with Crippen molar-refractivity contribution in [2.75, 3.05) is 26.7 Å². The highest BCUT2D eigenvalue weighted by Crippen LogP contribution is 2.05. The number of hydrogen-bond acceptors (Lipinski definition) is 2. The highest BCUT2D eigenvalue weighted by Gasteiger charge is 2.08. The van der Waals surface area contributed by atoms with Crippen LogP contribution in [0.4, 0.5) is 0 Å². The van der Waals surface area contributed by atoms with Crippen molar-refractivity contribution in [1.82, 2.24) is 10.2 Å². The first kappa shape index (κ1) is 15.2. The zero-order chi connectivity index (χ0) is 13.6. The minimum absolute atomic E-state index is 0.220. The first-order valence-electron chi connectivity index (χ1n) is 6.86. The molecule has 1 aromatic carbocycles. The van der Waals surface area contributed by atoms with Gasteiger partial charge in [-0.15, -0.1) is 0 Å². The van der Waals surface area contributed by atoms with E-state index in [9.17, 15) is 0 Å². The molecule has 0 aliphatic rings. The Morgan fingerprint density at radius 1 is 1.17 bits per heavy atom. The lowest BCUT2D eigenvalue weighted by atomic mass is 10.1. The fourth-order valence-electron chi connectivity index (χ4n) is 1.92. The lowest BCUT2D eigenvalue weighted by Crippen LogP contribution is -2.40. The molecule has 0 aromatic heterocycles. The van der Waals surface area contributed by atoms with Crippen LogP contribution in [-0.4, -0.2) is 37.1 Å². The van der Waals surface area contributed by atoms with E-state index in [-0.39, 0.29) is 5.54 Å². The predicted molar refractivity (Wildman–Crippen MR) is 80.1 cm³/mol. The van der Waals surface area contributed by atoms with Gasteiger partial charge in [-0.25, -0.2) is 0 Å². The van der Waals surface area contributed by atoms with Gasteiger partial charge in [0, 0.05) is 25.2 Å². The molecule has 0 fully saturated rings. The van der Waals surface area contributed by atoms with Gasteiger partial charge >= 0.3 is 0 Å². The Hall–Kier alpha value is -0.860. The second kappa shape index (κ2) is 6.91. The van der Waals surface area contributed by atoms with Gasteiger partial charge in [0.1, 0.15) is 0 Å². The predicted octanol–water partition coefficient (Wildman–Crippen LogP) is 2.86. The fourth-order valence-corrected chi connectivity index (χ4v) is 1.92. The molecule has 0 saturated heterocycles. The normalized spacial score (nSPS) is 12.1. The van der Waals surface area contributed by atoms with Crippen molar-refractivity contribution in [3.8, 4) is 0 Å². The molecule has 0 heterocycles. The number of likely N-dealkylation sites (N-methyl/N-ethyl adjacent to an activating group) is 1. The van der Waals surface area contributed by atoms with E-state index >= 15 is 0 Å². The molecule has 1 rings (SSSR count). The first-order valence-corrected chi connectivity index (χ1v) is 6.86. The zero-order valence-corrected chi connectivity index (χ0v) is 12.6.